The van der Waals surface area contributed by atoms with Crippen molar-refractivity contribution in [1.82, 2.24) is 19.7 Å². The normalized spacial score (nSPS) is 13.1. The van der Waals surface area contributed by atoms with E-state index >= 15 is 0 Å². The van der Waals surface area contributed by atoms with Gasteiger partial charge in [0.1, 0.15) is 6.54 Å². The fourth-order valence-electron chi connectivity index (χ4n) is 3.66. The fraction of sp³-hybridized carbons (Fsp3) is 0.316. The second-order valence-corrected chi connectivity index (χ2v) is 6.32. The molecule has 2 aromatic heterocycles. The molecule has 3 aromatic rings. The maximum atomic E-state index is 12.4. The maximum Gasteiger partial charge on any atom is 0.266 e. The largest absolute Gasteiger partial charge is 0.353 e. The van der Waals surface area contributed by atoms with Crippen LogP contribution in [0, 0.1) is 0 Å². The summed E-state index contributed by atoms with van der Waals surface area (Å²) in [7, 11) is 0. The zero-order chi connectivity index (χ0) is 17.2. The Labute approximate surface area is 145 Å². The van der Waals surface area contributed by atoms with Crippen LogP contribution in [0.25, 0.3) is 10.9 Å². The molecule has 0 saturated carbocycles. The first-order chi connectivity index (χ1) is 12.2. The minimum atomic E-state index is -0.161. The van der Waals surface area contributed by atoms with E-state index < -0.39 is 0 Å². The average Bonchev–Trinajstić information content (AvgIpc) is 3.20. The molecule has 6 heteroatoms. The van der Waals surface area contributed by atoms with Gasteiger partial charge in [-0.2, -0.15) is 5.10 Å². The Kier molecular flexibility index (Phi) is 4.09. The van der Waals surface area contributed by atoms with E-state index in [1.54, 1.807) is 12.3 Å². The van der Waals surface area contributed by atoms with Crippen molar-refractivity contribution < 1.29 is 4.79 Å². The van der Waals surface area contributed by atoms with Crippen LogP contribution in [0.1, 0.15) is 17.7 Å². The van der Waals surface area contributed by atoms with Gasteiger partial charge in [0.25, 0.3) is 5.56 Å². The minimum Gasteiger partial charge on any atom is -0.353 e. The molecular weight excluding hydrogens is 316 g/mol. The SMILES string of the molecule is O=C(Cn1c2c(c3ccccc31)CCC2)NCCn1ncccc1=O. The van der Waals surface area contributed by atoms with E-state index in [1.807, 2.05) is 6.07 Å². The lowest BCUT2D eigenvalue weighted by molar-refractivity contribution is -0.121. The molecule has 1 aromatic carbocycles. The van der Waals surface area contributed by atoms with Crippen LogP contribution in [0.15, 0.2) is 47.4 Å². The number of nitrogens with zero attached hydrogens (tertiary/aromatic N) is 3. The van der Waals surface area contributed by atoms with E-state index in [-0.39, 0.29) is 11.5 Å². The van der Waals surface area contributed by atoms with Gasteiger partial charge in [0, 0.05) is 35.4 Å². The van der Waals surface area contributed by atoms with Gasteiger partial charge in [0.2, 0.25) is 5.91 Å². The van der Waals surface area contributed by atoms with E-state index in [1.165, 1.54) is 27.4 Å². The number of carbonyl (C=O) groups is 1. The number of aryl methyl sites for hydroxylation is 1. The third kappa shape index (κ3) is 2.95. The number of amides is 1. The van der Waals surface area contributed by atoms with Crippen molar-refractivity contribution in [2.75, 3.05) is 6.54 Å². The molecule has 6 nitrogen and oxygen atoms in total. The summed E-state index contributed by atoms with van der Waals surface area (Å²) in [5.41, 5.74) is 3.65. The Morgan fingerprint density at radius 1 is 1.16 bits per heavy atom. The van der Waals surface area contributed by atoms with Crippen molar-refractivity contribution in [3.8, 4) is 0 Å². The lowest BCUT2D eigenvalue weighted by atomic mass is 10.1. The van der Waals surface area contributed by atoms with Gasteiger partial charge in [-0.05, 0) is 37.0 Å². The van der Waals surface area contributed by atoms with Gasteiger partial charge in [-0.25, -0.2) is 4.68 Å². The summed E-state index contributed by atoms with van der Waals surface area (Å²) < 4.78 is 3.49. The quantitative estimate of drug-likeness (QED) is 0.768. The number of carbonyl (C=O) groups excluding carboxylic acids is 1. The molecule has 1 aliphatic rings. The van der Waals surface area contributed by atoms with Crippen molar-refractivity contribution in [2.45, 2.75) is 32.4 Å². The summed E-state index contributed by atoms with van der Waals surface area (Å²) in [5.74, 6) is -0.0422. The van der Waals surface area contributed by atoms with Crippen LogP contribution < -0.4 is 10.9 Å². The summed E-state index contributed by atoms with van der Waals surface area (Å²) in [6, 6.07) is 11.4. The Hall–Kier alpha value is -2.89. The van der Waals surface area contributed by atoms with Crippen molar-refractivity contribution in [3.05, 3.63) is 64.2 Å². The lowest BCUT2D eigenvalue weighted by Gasteiger charge is -2.10. The highest BCUT2D eigenvalue weighted by Crippen LogP contribution is 2.32. The van der Waals surface area contributed by atoms with Crippen molar-refractivity contribution in [3.63, 3.8) is 0 Å². The zero-order valence-electron chi connectivity index (χ0n) is 13.9. The number of hydrogen-bond donors (Lipinski definition) is 1. The molecule has 1 amide bonds. The monoisotopic (exact) mass is 336 g/mol. The van der Waals surface area contributed by atoms with Crippen LogP contribution in [0.4, 0.5) is 0 Å². The fourth-order valence-corrected chi connectivity index (χ4v) is 3.66. The molecule has 0 saturated heterocycles. The Bertz CT molecular complexity index is 986. The predicted octanol–water partition coefficient (Wildman–Crippen LogP) is 1.50. The van der Waals surface area contributed by atoms with Crippen molar-refractivity contribution >= 4 is 16.8 Å². The van der Waals surface area contributed by atoms with Gasteiger partial charge >= 0.3 is 0 Å². The molecule has 0 bridgehead atoms. The zero-order valence-corrected chi connectivity index (χ0v) is 13.9. The number of para-hydroxylation sites is 1. The summed E-state index contributed by atoms with van der Waals surface area (Å²) in [6.45, 7) is 1.07. The Morgan fingerprint density at radius 3 is 2.92 bits per heavy atom. The summed E-state index contributed by atoms with van der Waals surface area (Å²) >= 11 is 0. The molecule has 2 heterocycles. The molecular formula is C19H20N4O2. The summed E-state index contributed by atoms with van der Waals surface area (Å²) in [6.07, 6.45) is 4.84. The van der Waals surface area contributed by atoms with Gasteiger partial charge in [-0.15, -0.1) is 0 Å². The van der Waals surface area contributed by atoms with Crippen LogP contribution in [-0.4, -0.2) is 26.8 Å². The topological polar surface area (TPSA) is 68.9 Å². The van der Waals surface area contributed by atoms with Crippen LogP contribution >= 0.6 is 0 Å². The number of hydrogen-bond acceptors (Lipinski definition) is 3. The number of fused-ring (bicyclic) bond motifs is 3. The molecule has 0 unspecified atom stereocenters. The van der Waals surface area contributed by atoms with Crippen molar-refractivity contribution in [2.24, 2.45) is 0 Å². The van der Waals surface area contributed by atoms with Crippen molar-refractivity contribution in [1.29, 1.82) is 0 Å². The smallest absolute Gasteiger partial charge is 0.266 e. The molecule has 1 aliphatic carbocycles. The van der Waals surface area contributed by atoms with Gasteiger partial charge in [-0.1, -0.05) is 18.2 Å². The highest BCUT2D eigenvalue weighted by molar-refractivity contribution is 5.88. The van der Waals surface area contributed by atoms with E-state index in [0.29, 0.717) is 19.6 Å². The average molecular weight is 336 g/mol. The highest BCUT2D eigenvalue weighted by Gasteiger charge is 2.22. The second-order valence-electron chi connectivity index (χ2n) is 6.32. The number of nitrogens with one attached hydrogen (secondary N) is 1. The number of rotatable bonds is 5. The maximum absolute atomic E-state index is 12.4. The number of benzene rings is 1. The first-order valence-electron chi connectivity index (χ1n) is 8.62. The van der Waals surface area contributed by atoms with Gasteiger partial charge in [-0.3, -0.25) is 9.59 Å². The third-order valence-corrected chi connectivity index (χ3v) is 4.77. The molecule has 0 atom stereocenters. The van der Waals surface area contributed by atoms with Crippen LogP contribution in [-0.2, 0) is 30.7 Å². The molecule has 128 valence electrons. The highest BCUT2D eigenvalue weighted by atomic mass is 16.2. The Balaban J connectivity index is 1.46. The number of aromatic nitrogens is 3. The summed E-state index contributed by atoms with van der Waals surface area (Å²) in [5, 5.41) is 8.15. The second kappa shape index (κ2) is 6.55. The van der Waals surface area contributed by atoms with E-state index in [9.17, 15) is 9.59 Å². The van der Waals surface area contributed by atoms with Gasteiger partial charge in [0.05, 0.1) is 6.54 Å². The first kappa shape index (κ1) is 15.6. The minimum absolute atomic E-state index is 0.0422. The molecule has 1 N–H and O–H groups in total. The molecule has 0 aliphatic heterocycles. The van der Waals surface area contributed by atoms with Gasteiger partial charge in [0.15, 0.2) is 0 Å². The molecule has 0 radical (unpaired) electrons. The van der Waals surface area contributed by atoms with E-state index in [4.69, 9.17) is 0 Å². The van der Waals surface area contributed by atoms with E-state index in [2.05, 4.69) is 33.2 Å². The van der Waals surface area contributed by atoms with Crippen LogP contribution in [0.2, 0.25) is 0 Å². The summed E-state index contributed by atoms with van der Waals surface area (Å²) in [4.78, 5) is 24.0. The van der Waals surface area contributed by atoms with E-state index in [0.717, 1.165) is 24.8 Å². The predicted molar refractivity (Wildman–Crippen MR) is 95.5 cm³/mol. The first-order valence-corrected chi connectivity index (χ1v) is 8.62. The molecule has 0 spiro atoms. The standard InChI is InChI=1S/C19H20N4O2/c24-18(20-11-12-23-19(25)9-4-10-21-23)13-22-16-7-2-1-5-14(16)15-6-3-8-17(15)22/h1-2,4-5,7,9-10H,3,6,8,11-13H2,(H,20,24). The molecule has 25 heavy (non-hydrogen) atoms. The van der Waals surface area contributed by atoms with Crippen LogP contribution in [0.5, 0.6) is 0 Å². The molecule has 4 rings (SSSR count). The van der Waals surface area contributed by atoms with Gasteiger partial charge < -0.3 is 9.88 Å². The molecule has 0 fully saturated rings. The Morgan fingerprint density at radius 2 is 2.04 bits per heavy atom. The lowest BCUT2D eigenvalue weighted by Crippen LogP contribution is -2.33. The third-order valence-electron chi connectivity index (χ3n) is 4.77. The van der Waals surface area contributed by atoms with Crippen LogP contribution in [0.3, 0.4) is 0 Å².